The molecule has 0 aliphatic heterocycles. The largest absolute Gasteiger partial charge is 0.457 e. The maximum absolute atomic E-state index is 9.03. The third-order valence-electron chi connectivity index (χ3n) is 3.20. The Hall–Kier alpha value is -1.48. The molecule has 3 heteroatoms. The minimum Gasteiger partial charge on any atom is -0.457 e. The van der Waals surface area contributed by atoms with E-state index in [4.69, 9.17) is 9.67 Å². The van der Waals surface area contributed by atoms with Gasteiger partial charge in [-0.1, -0.05) is 19.9 Å². The molecule has 1 heterocycles. The van der Waals surface area contributed by atoms with Gasteiger partial charge in [0.25, 0.3) is 0 Å². The van der Waals surface area contributed by atoms with Crippen molar-refractivity contribution in [3.63, 3.8) is 0 Å². The van der Waals surface area contributed by atoms with Crippen molar-refractivity contribution in [1.29, 1.82) is 0 Å². The number of aryl methyl sites for hydroxylation is 1. The van der Waals surface area contributed by atoms with Gasteiger partial charge in [-0.25, -0.2) is 5.26 Å². The van der Waals surface area contributed by atoms with Crippen molar-refractivity contribution >= 4 is 11.3 Å². The number of furan rings is 1. The first-order valence-corrected chi connectivity index (χ1v) is 6.04. The summed E-state index contributed by atoms with van der Waals surface area (Å²) in [6.45, 7) is 6.11. The lowest BCUT2D eigenvalue weighted by Gasteiger charge is -2.04. The SMILES string of the molecule is CCC1=CCC(C)=C(OO)c2oc(CC)cc21. The van der Waals surface area contributed by atoms with Gasteiger partial charge in [0.2, 0.25) is 5.76 Å². The number of hydrogen-bond acceptors (Lipinski definition) is 3. The van der Waals surface area contributed by atoms with Crippen LogP contribution >= 0.6 is 0 Å². The highest BCUT2D eigenvalue weighted by Gasteiger charge is 2.23. The summed E-state index contributed by atoms with van der Waals surface area (Å²) in [5, 5.41) is 9.03. The summed E-state index contributed by atoms with van der Waals surface area (Å²) in [6, 6.07) is 2.04. The van der Waals surface area contributed by atoms with E-state index in [-0.39, 0.29) is 0 Å². The predicted octanol–water partition coefficient (Wildman–Crippen LogP) is 4.26. The summed E-state index contributed by atoms with van der Waals surface area (Å²) < 4.78 is 5.76. The van der Waals surface area contributed by atoms with E-state index in [2.05, 4.69) is 17.9 Å². The molecule has 1 aromatic rings. The third kappa shape index (κ3) is 2.03. The quantitative estimate of drug-likeness (QED) is 0.627. The summed E-state index contributed by atoms with van der Waals surface area (Å²) in [5.41, 5.74) is 3.27. The Labute approximate surface area is 101 Å². The second-order valence-corrected chi connectivity index (χ2v) is 4.30. The normalized spacial score (nSPS) is 15.4. The summed E-state index contributed by atoms with van der Waals surface area (Å²) in [6.07, 6.45) is 4.74. The van der Waals surface area contributed by atoms with E-state index < -0.39 is 0 Å². The molecule has 1 aliphatic rings. The van der Waals surface area contributed by atoms with Gasteiger partial charge in [-0.05, 0) is 37.0 Å². The van der Waals surface area contributed by atoms with Crippen molar-refractivity contribution in [3.8, 4) is 0 Å². The molecule has 0 fully saturated rings. The van der Waals surface area contributed by atoms with Crippen molar-refractivity contribution in [2.45, 2.75) is 40.0 Å². The van der Waals surface area contributed by atoms with Crippen LogP contribution in [0.1, 0.15) is 50.7 Å². The molecule has 0 unspecified atom stereocenters. The van der Waals surface area contributed by atoms with Crippen LogP contribution in [0.15, 0.2) is 22.1 Å². The Kier molecular flexibility index (Phi) is 3.38. The number of fused-ring (bicyclic) bond motifs is 1. The molecule has 0 bridgehead atoms. The molecule has 0 atom stereocenters. The molecular weight excluding hydrogens is 216 g/mol. The first-order chi connectivity index (χ1) is 8.21. The van der Waals surface area contributed by atoms with Crippen molar-refractivity contribution in [1.82, 2.24) is 0 Å². The van der Waals surface area contributed by atoms with Crippen LogP contribution in [0.4, 0.5) is 0 Å². The molecule has 3 nitrogen and oxygen atoms in total. The summed E-state index contributed by atoms with van der Waals surface area (Å²) in [5.74, 6) is 2.03. The van der Waals surface area contributed by atoms with Gasteiger partial charge in [0, 0.05) is 12.0 Å². The number of allylic oxidation sites excluding steroid dienone is 3. The summed E-state index contributed by atoms with van der Waals surface area (Å²) >= 11 is 0. The summed E-state index contributed by atoms with van der Waals surface area (Å²) in [7, 11) is 0. The first-order valence-electron chi connectivity index (χ1n) is 6.04. The number of hydrogen-bond donors (Lipinski definition) is 1. The zero-order valence-electron chi connectivity index (χ0n) is 10.5. The van der Waals surface area contributed by atoms with Gasteiger partial charge in [0.15, 0.2) is 5.76 Å². The van der Waals surface area contributed by atoms with Crippen molar-refractivity contribution in [3.05, 3.63) is 34.8 Å². The molecule has 0 aromatic carbocycles. The van der Waals surface area contributed by atoms with E-state index in [1.807, 2.05) is 19.9 Å². The fourth-order valence-corrected chi connectivity index (χ4v) is 2.15. The van der Waals surface area contributed by atoms with Crippen LogP contribution in [0.5, 0.6) is 0 Å². The molecular formula is C14H18O3. The fraction of sp³-hybridized carbons (Fsp3) is 0.429. The van der Waals surface area contributed by atoms with Gasteiger partial charge in [-0.3, -0.25) is 0 Å². The van der Waals surface area contributed by atoms with Crippen LogP contribution in [0, 0.1) is 0 Å². The molecule has 0 saturated carbocycles. The average molecular weight is 234 g/mol. The topological polar surface area (TPSA) is 42.6 Å². The first kappa shape index (κ1) is 12.0. The van der Waals surface area contributed by atoms with Gasteiger partial charge in [-0.2, -0.15) is 0 Å². The predicted molar refractivity (Wildman–Crippen MR) is 67.3 cm³/mol. The van der Waals surface area contributed by atoms with Crippen LogP contribution in [-0.2, 0) is 11.3 Å². The van der Waals surface area contributed by atoms with Gasteiger partial charge < -0.3 is 9.30 Å². The lowest BCUT2D eigenvalue weighted by molar-refractivity contribution is -0.172. The minimum absolute atomic E-state index is 0.458. The van der Waals surface area contributed by atoms with E-state index in [9.17, 15) is 0 Å². The molecule has 17 heavy (non-hydrogen) atoms. The monoisotopic (exact) mass is 234 g/mol. The van der Waals surface area contributed by atoms with Crippen molar-refractivity contribution < 1.29 is 14.6 Å². The molecule has 0 saturated heterocycles. The smallest absolute Gasteiger partial charge is 0.207 e. The third-order valence-corrected chi connectivity index (χ3v) is 3.20. The zero-order valence-corrected chi connectivity index (χ0v) is 10.5. The fourth-order valence-electron chi connectivity index (χ4n) is 2.15. The minimum atomic E-state index is 0.458. The van der Waals surface area contributed by atoms with Crippen LogP contribution < -0.4 is 0 Å². The Bertz CT molecular complexity index is 478. The van der Waals surface area contributed by atoms with E-state index in [1.54, 1.807) is 0 Å². The highest BCUT2D eigenvalue weighted by atomic mass is 17.1. The molecule has 1 aromatic heterocycles. The van der Waals surface area contributed by atoms with E-state index in [0.29, 0.717) is 11.5 Å². The van der Waals surface area contributed by atoms with Gasteiger partial charge >= 0.3 is 0 Å². The van der Waals surface area contributed by atoms with Crippen molar-refractivity contribution in [2.75, 3.05) is 0 Å². The number of rotatable bonds is 3. The maximum Gasteiger partial charge on any atom is 0.207 e. The molecule has 0 amide bonds. The highest BCUT2D eigenvalue weighted by Crippen LogP contribution is 2.36. The van der Waals surface area contributed by atoms with E-state index in [1.165, 1.54) is 5.57 Å². The second kappa shape index (κ2) is 4.80. The standard InChI is InChI=1S/C14H18O3/c1-4-10-7-6-9(3)13(17-15)14-12(10)8-11(5-2)16-14/h7-8,15H,4-6H2,1-3H3. The zero-order chi connectivity index (χ0) is 12.4. The Morgan fingerprint density at radius 3 is 2.71 bits per heavy atom. The van der Waals surface area contributed by atoms with Gasteiger partial charge in [0.1, 0.15) is 5.76 Å². The molecule has 92 valence electrons. The van der Waals surface area contributed by atoms with Crippen LogP contribution in [0.25, 0.3) is 11.3 Å². The maximum atomic E-state index is 9.03. The van der Waals surface area contributed by atoms with Crippen LogP contribution in [0.2, 0.25) is 0 Å². The Morgan fingerprint density at radius 2 is 2.12 bits per heavy atom. The second-order valence-electron chi connectivity index (χ2n) is 4.30. The van der Waals surface area contributed by atoms with Gasteiger partial charge in [-0.15, -0.1) is 0 Å². The molecule has 0 radical (unpaired) electrons. The van der Waals surface area contributed by atoms with Crippen LogP contribution in [0.3, 0.4) is 0 Å². The van der Waals surface area contributed by atoms with Gasteiger partial charge in [0.05, 0.1) is 0 Å². The molecule has 0 spiro atoms. The van der Waals surface area contributed by atoms with E-state index in [0.717, 1.165) is 36.2 Å². The Balaban J connectivity index is 2.61. The summed E-state index contributed by atoms with van der Waals surface area (Å²) in [4.78, 5) is 4.51. The Morgan fingerprint density at radius 1 is 1.35 bits per heavy atom. The van der Waals surface area contributed by atoms with Crippen LogP contribution in [-0.4, -0.2) is 5.26 Å². The highest BCUT2D eigenvalue weighted by molar-refractivity contribution is 5.78. The molecule has 1 aliphatic carbocycles. The molecule has 1 N–H and O–H groups in total. The average Bonchev–Trinajstić information content (AvgIpc) is 2.70. The lowest BCUT2D eigenvalue weighted by Crippen LogP contribution is -1.91. The van der Waals surface area contributed by atoms with E-state index >= 15 is 0 Å². The molecule has 2 rings (SSSR count). The van der Waals surface area contributed by atoms with Crippen molar-refractivity contribution in [2.24, 2.45) is 0 Å². The lowest BCUT2D eigenvalue weighted by atomic mass is 10.0.